The number of H-pyrrole nitrogens is 1. The van der Waals surface area contributed by atoms with Crippen LogP contribution in [-0.4, -0.2) is 14.8 Å². The van der Waals surface area contributed by atoms with Gasteiger partial charge in [0.25, 0.3) is 0 Å². The van der Waals surface area contributed by atoms with E-state index in [0.29, 0.717) is 4.47 Å². The second-order valence-corrected chi connectivity index (χ2v) is 4.86. The summed E-state index contributed by atoms with van der Waals surface area (Å²) in [6.07, 6.45) is 0. The van der Waals surface area contributed by atoms with E-state index >= 15 is 0 Å². The van der Waals surface area contributed by atoms with E-state index < -0.39 is 5.82 Å². The smallest absolute Gasteiger partial charge is 0.289 e. The molecule has 0 atom stereocenters. The van der Waals surface area contributed by atoms with E-state index in [1.807, 2.05) is 13.8 Å². The highest BCUT2D eigenvalue weighted by molar-refractivity contribution is 9.10. The Morgan fingerprint density at radius 1 is 1.47 bits per heavy atom. The molecule has 0 amide bonds. The molecule has 1 N–H and O–H groups in total. The van der Waals surface area contributed by atoms with E-state index in [2.05, 4.69) is 26.0 Å². The Hall–Kier alpha value is -1.43. The summed E-state index contributed by atoms with van der Waals surface area (Å²) in [6, 6.07) is 4.54. The summed E-state index contributed by atoms with van der Waals surface area (Å²) in [7, 11) is 0. The first kappa shape index (κ1) is 12.0. The maximum absolute atomic E-state index is 13.7. The lowest BCUT2D eigenvalue weighted by molar-refractivity contribution is 0.514. The number of rotatable bonds is 2. The van der Waals surface area contributed by atoms with E-state index in [0.717, 1.165) is 0 Å². The predicted molar refractivity (Wildman–Crippen MR) is 66.3 cm³/mol. The maximum Gasteiger partial charge on any atom is 0.343 e. The van der Waals surface area contributed by atoms with Crippen LogP contribution in [0.4, 0.5) is 4.39 Å². The molecule has 0 aliphatic rings. The Morgan fingerprint density at radius 2 is 2.18 bits per heavy atom. The van der Waals surface area contributed by atoms with Crippen LogP contribution >= 0.6 is 15.9 Å². The van der Waals surface area contributed by atoms with Gasteiger partial charge in [-0.25, -0.2) is 13.9 Å². The third-order valence-electron chi connectivity index (χ3n) is 2.32. The standard InChI is InChI=1S/C11H11BrFN3O/c1-6(2)16-11(17)14-10(15-16)8-4-3-7(12)5-9(8)13/h3-6H,1-2H3,(H,14,15,17). The molecule has 0 unspecified atom stereocenters. The molecule has 0 radical (unpaired) electrons. The van der Waals surface area contributed by atoms with Gasteiger partial charge in [-0.3, -0.25) is 4.98 Å². The van der Waals surface area contributed by atoms with Gasteiger partial charge in [-0.2, -0.15) is 0 Å². The van der Waals surface area contributed by atoms with Gasteiger partial charge in [0.2, 0.25) is 0 Å². The Labute approximate surface area is 106 Å². The van der Waals surface area contributed by atoms with Gasteiger partial charge in [0.15, 0.2) is 5.82 Å². The number of nitrogens with zero attached hydrogens (tertiary/aromatic N) is 2. The van der Waals surface area contributed by atoms with Crippen LogP contribution in [0.2, 0.25) is 0 Å². The van der Waals surface area contributed by atoms with Crippen LogP contribution in [0, 0.1) is 5.82 Å². The largest absolute Gasteiger partial charge is 0.343 e. The van der Waals surface area contributed by atoms with Gasteiger partial charge in [-0.05, 0) is 32.0 Å². The number of hydrogen-bond acceptors (Lipinski definition) is 2. The van der Waals surface area contributed by atoms with Crippen molar-refractivity contribution in [1.82, 2.24) is 14.8 Å². The van der Waals surface area contributed by atoms with E-state index in [-0.39, 0.29) is 23.1 Å². The Balaban J connectivity index is 2.54. The molecule has 0 saturated carbocycles. The third kappa shape index (κ3) is 2.31. The summed E-state index contributed by atoms with van der Waals surface area (Å²) in [5.74, 6) is -0.183. The molecule has 0 fully saturated rings. The molecule has 4 nitrogen and oxygen atoms in total. The molecule has 0 aliphatic heterocycles. The second kappa shape index (κ2) is 4.44. The van der Waals surface area contributed by atoms with Crippen LogP contribution in [0.25, 0.3) is 11.4 Å². The van der Waals surface area contributed by atoms with Crippen LogP contribution in [0.1, 0.15) is 19.9 Å². The van der Waals surface area contributed by atoms with Crippen molar-refractivity contribution in [2.75, 3.05) is 0 Å². The SMILES string of the molecule is CC(C)n1nc(-c2ccc(Br)cc2F)[nH]c1=O. The summed E-state index contributed by atoms with van der Waals surface area (Å²) in [6.45, 7) is 3.67. The van der Waals surface area contributed by atoms with E-state index in [4.69, 9.17) is 0 Å². The summed E-state index contributed by atoms with van der Waals surface area (Å²) < 4.78 is 15.6. The summed E-state index contributed by atoms with van der Waals surface area (Å²) in [5, 5.41) is 4.06. The lowest BCUT2D eigenvalue weighted by atomic mass is 10.2. The molecular formula is C11H11BrFN3O. The first-order chi connectivity index (χ1) is 7.99. The Morgan fingerprint density at radius 3 is 2.71 bits per heavy atom. The number of hydrogen-bond donors (Lipinski definition) is 1. The fraction of sp³-hybridized carbons (Fsp3) is 0.273. The lowest BCUT2D eigenvalue weighted by Crippen LogP contribution is -2.19. The van der Waals surface area contributed by atoms with E-state index in [1.165, 1.54) is 10.7 Å². The molecule has 0 aliphatic carbocycles. The zero-order valence-electron chi connectivity index (χ0n) is 9.37. The van der Waals surface area contributed by atoms with Crippen molar-refractivity contribution in [2.45, 2.75) is 19.9 Å². The maximum atomic E-state index is 13.7. The molecule has 0 spiro atoms. The highest BCUT2D eigenvalue weighted by atomic mass is 79.9. The van der Waals surface area contributed by atoms with Crippen molar-refractivity contribution in [3.8, 4) is 11.4 Å². The van der Waals surface area contributed by atoms with Crippen molar-refractivity contribution in [1.29, 1.82) is 0 Å². The van der Waals surface area contributed by atoms with Crippen molar-refractivity contribution in [3.05, 3.63) is 39.0 Å². The highest BCUT2D eigenvalue weighted by Crippen LogP contribution is 2.22. The second-order valence-electron chi connectivity index (χ2n) is 3.94. The van der Waals surface area contributed by atoms with Gasteiger partial charge in [0, 0.05) is 4.47 Å². The van der Waals surface area contributed by atoms with Crippen molar-refractivity contribution in [2.24, 2.45) is 0 Å². The molecule has 1 aromatic carbocycles. The number of benzene rings is 1. The molecule has 1 aromatic heterocycles. The molecule has 0 saturated heterocycles. The topological polar surface area (TPSA) is 50.7 Å². The predicted octanol–water partition coefficient (Wildman–Crippen LogP) is 2.72. The molecule has 2 rings (SSSR count). The Kier molecular flexibility index (Phi) is 3.15. The molecule has 1 heterocycles. The van der Waals surface area contributed by atoms with Gasteiger partial charge in [0.1, 0.15) is 5.82 Å². The van der Waals surface area contributed by atoms with Gasteiger partial charge < -0.3 is 0 Å². The van der Waals surface area contributed by atoms with Gasteiger partial charge in [-0.1, -0.05) is 15.9 Å². The minimum absolute atomic E-state index is 0.0639. The van der Waals surface area contributed by atoms with Crippen LogP contribution < -0.4 is 5.69 Å². The zero-order valence-corrected chi connectivity index (χ0v) is 11.0. The average molecular weight is 300 g/mol. The van der Waals surface area contributed by atoms with Gasteiger partial charge in [0.05, 0.1) is 11.6 Å². The number of nitrogens with one attached hydrogen (secondary N) is 1. The van der Waals surface area contributed by atoms with Crippen LogP contribution in [0.15, 0.2) is 27.5 Å². The van der Waals surface area contributed by atoms with E-state index in [9.17, 15) is 9.18 Å². The highest BCUT2D eigenvalue weighted by Gasteiger charge is 2.13. The van der Waals surface area contributed by atoms with Crippen molar-refractivity contribution in [3.63, 3.8) is 0 Å². The van der Waals surface area contributed by atoms with Crippen LogP contribution in [0.3, 0.4) is 0 Å². The zero-order chi connectivity index (χ0) is 12.6. The minimum Gasteiger partial charge on any atom is -0.289 e. The molecule has 2 aromatic rings. The molecule has 6 heteroatoms. The first-order valence-corrected chi connectivity index (χ1v) is 5.92. The monoisotopic (exact) mass is 299 g/mol. The van der Waals surface area contributed by atoms with Crippen molar-refractivity contribution < 1.29 is 4.39 Å². The van der Waals surface area contributed by atoms with Crippen LogP contribution in [-0.2, 0) is 0 Å². The average Bonchev–Trinajstić information content (AvgIpc) is 2.60. The third-order valence-corrected chi connectivity index (χ3v) is 2.81. The van der Waals surface area contributed by atoms with Gasteiger partial charge in [-0.15, -0.1) is 5.10 Å². The van der Waals surface area contributed by atoms with E-state index in [1.54, 1.807) is 12.1 Å². The Bertz CT molecular complexity index is 603. The number of aromatic amines is 1. The van der Waals surface area contributed by atoms with Gasteiger partial charge >= 0.3 is 5.69 Å². The minimum atomic E-state index is -0.427. The normalized spacial score (nSPS) is 11.1. The first-order valence-electron chi connectivity index (χ1n) is 5.13. The summed E-state index contributed by atoms with van der Waals surface area (Å²) >= 11 is 3.17. The molecule has 0 bridgehead atoms. The molecular weight excluding hydrogens is 289 g/mol. The fourth-order valence-corrected chi connectivity index (χ4v) is 1.82. The lowest BCUT2D eigenvalue weighted by Gasteiger charge is -2.02. The van der Waals surface area contributed by atoms with Crippen molar-refractivity contribution >= 4 is 15.9 Å². The number of halogens is 2. The fourth-order valence-electron chi connectivity index (χ4n) is 1.49. The summed E-state index contributed by atoms with van der Waals surface area (Å²) in [4.78, 5) is 14.1. The quantitative estimate of drug-likeness (QED) is 0.927. The molecule has 90 valence electrons. The number of aromatic nitrogens is 3. The molecule has 17 heavy (non-hydrogen) atoms. The van der Waals surface area contributed by atoms with Crippen LogP contribution in [0.5, 0.6) is 0 Å². The summed E-state index contributed by atoms with van der Waals surface area (Å²) in [5.41, 5.74) is -0.0537.